The van der Waals surface area contributed by atoms with Crippen LogP contribution in [0.3, 0.4) is 0 Å². The molecule has 0 radical (unpaired) electrons. The number of anilines is 1. The minimum Gasteiger partial charge on any atom is -0.481 e. The summed E-state index contributed by atoms with van der Waals surface area (Å²) in [6.07, 6.45) is 3.42. The lowest BCUT2D eigenvalue weighted by atomic mass is 10.0. The molecule has 0 bridgehead atoms. The van der Waals surface area contributed by atoms with Gasteiger partial charge in [-0.25, -0.2) is 4.79 Å². The van der Waals surface area contributed by atoms with E-state index in [0.717, 1.165) is 25.1 Å². The summed E-state index contributed by atoms with van der Waals surface area (Å²) < 4.78 is 0. The number of nitrogens with one attached hydrogen (secondary N) is 1. The first-order valence-corrected chi connectivity index (χ1v) is 7.03. The van der Waals surface area contributed by atoms with Gasteiger partial charge in [0, 0.05) is 25.2 Å². The summed E-state index contributed by atoms with van der Waals surface area (Å²) in [7, 11) is 0. The van der Waals surface area contributed by atoms with E-state index in [1.165, 1.54) is 5.56 Å². The van der Waals surface area contributed by atoms with Crippen LogP contribution in [-0.4, -0.2) is 30.2 Å². The van der Waals surface area contributed by atoms with Crippen LogP contribution in [0.4, 0.5) is 10.5 Å². The van der Waals surface area contributed by atoms with E-state index >= 15 is 0 Å². The summed E-state index contributed by atoms with van der Waals surface area (Å²) in [5, 5.41) is 11.4. The Hall–Kier alpha value is -2.04. The second kappa shape index (κ2) is 6.93. The fourth-order valence-corrected chi connectivity index (χ4v) is 2.44. The standard InChI is InChI=1S/C15H20N2O3/c18-14(19)9-3-4-10-16-15(20)17-11-5-7-12-6-1-2-8-13(12)17/h1-2,6,8H,3-5,7,9-11H2,(H,16,20)(H,18,19). The van der Waals surface area contributed by atoms with Crippen LogP contribution in [0.25, 0.3) is 0 Å². The number of amides is 2. The van der Waals surface area contributed by atoms with Crippen molar-refractivity contribution in [3.63, 3.8) is 0 Å². The van der Waals surface area contributed by atoms with E-state index < -0.39 is 5.97 Å². The van der Waals surface area contributed by atoms with E-state index in [-0.39, 0.29) is 12.5 Å². The van der Waals surface area contributed by atoms with Gasteiger partial charge in [-0.15, -0.1) is 0 Å². The molecule has 2 amide bonds. The van der Waals surface area contributed by atoms with E-state index in [1.54, 1.807) is 4.90 Å². The van der Waals surface area contributed by atoms with Crippen LogP contribution in [0.15, 0.2) is 24.3 Å². The SMILES string of the molecule is O=C(O)CCCCNC(=O)N1CCCc2ccccc21. The van der Waals surface area contributed by atoms with Crippen molar-refractivity contribution in [2.45, 2.75) is 32.1 Å². The maximum Gasteiger partial charge on any atom is 0.321 e. The largest absolute Gasteiger partial charge is 0.481 e. The zero-order valence-corrected chi connectivity index (χ0v) is 11.5. The Morgan fingerprint density at radius 3 is 2.85 bits per heavy atom. The molecule has 0 fully saturated rings. The molecule has 108 valence electrons. The number of aliphatic carboxylic acids is 1. The maximum atomic E-state index is 12.2. The van der Waals surface area contributed by atoms with Gasteiger partial charge in [0.15, 0.2) is 0 Å². The first kappa shape index (κ1) is 14.4. The first-order chi connectivity index (χ1) is 9.68. The van der Waals surface area contributed by atoms with E-state index in [1.807, 2.05) is 18.2 Å². The van der Waals surface area contributed by atoms with Gasteiger partial charge in [-0.2, -0.15) is 0 Å². The molecule has 0 aromatic heterocycles. The number of nitrogens with zero attached hydrogens (tertiary/aromatic N) is 1. The lowest BCUT2D eigenvalue weighted by molar-refractivity contribution is -0.137. The highest BCUT2D eigenvalue weighted by Gasteiger charge is 2.21. The molecule has 1 aliphatic rings. The maximum absolute atomic E-state index is 12.2. The number of urea groups is 1. The summed E-state index contributed by atoms with van der Waals surface area (Å²) in [5.41, 5.74) is 2.20. The third-order valence-electron chi connectivity index (χ3n) is 3.45. The van der Waals surface area contributed by atoms with Crippen LogP contribution >= 0.6 is 0 Å². The normalized spacial score (nSPS) is 13.7. The topological polar surface area (TPSA) is 69.6 Å². The Morgan fingerprint density at radius 1 is 1.25 bits per heavy atom. The van der Waals surface area contributed by atoms with Gasteiger partial charge in [0.2, 0.25) is 0 Å². The number of hydrogen-bond donors (Lipinski definition) is 2. The molecule has 2 rings (SSSR count). The number of unbranched alkanes of at least 4 members (excludes halogenated alkanes) is 1. The van der Waals surface area contributed by atoms with Gasteiger partial charge < -0.3 is 10.4 Å². The average Bonchev–Trinajstić information content (AvgIpc) is 2.45. The van der Waals surface area contributed by atoms with Gasteiger partial charge in [0.1, 0.15) is 0 Å². The molecule has 0 saturated heterocycles. The smallest absolute Gasteiger partial charge is 0.321 e. The Kier molecular flexibility index (Phi) is 4.98. The van der Waals surface area contributed by atoms with Gasteiger partial charge in [-0.05, 0) is 37.3 Å². The van der Waals surface area contributed by atoms with Gasteiger partial charge in [0.25, 0.3) is 0 Å². The predicted octanol–water partition coefficient (Wildman–Crippen LogP) is 2.40. The second-order valence-electron chi connectivity index (χ2n) is 4.97. The van der Waals surface area contributed by atoms with Crippen molar-refractivity contribution in [2.75, 3.05) is 18.0 Å². The molecule has 5 heteroatoms. The molecule has 1 aromatic rings. The van der Waals surface area contributed by atoms with Crippen LogP contribution in [0, 0.1) is 0 Å². The zero-order valence-electron chi connectivity index (χ0n) is 11.5. The number of carboxylic acid groups (broad SMARTS) is 1. The second-order valence-corrected chi connectivity index (χ2v) is 4.97. The number of para-hydroxylation sites is 1. The van der Waals surface area contributed by atoms with E-state index in [9.17, 15) is 9.59 Å². The van der Waals surface area contributed by atoms with E-state index in [2.05, 4.69) is 11.4 Å². The summed E-state index contributed by atoms with van der Waals surface area (Å²) in [4.78, 5) is 24.3. The lowest BCUT2D eigenvalue weighted by Gasteiger charge is -2.29. The number of hydrogen-bond acceptors (Lipinski definition) is 2. The Bertz CT molecular complexity index is 488. The van der Waals surface area contributed by atoms with Crippen molar-refractivity contribution in [3.05, 3.63) is 29.8 Å². The van der Waals surface area contributed by atoms with Gasteiger partial charge >= 0.3 is 12.0 Å². The molecular weight excluding hydrogens is 256 g/mol. The van der Waals surface area contributed by atoms with Gasteiger partial charge in [-0.1, -0.05) is 18.2 Å². The molecule has 1 aromatic carbocycles. The highest BCUT2D eigenvalue weighted by Crippen LogP contribution is 2.26. The van der Waals surface area contributed by atoms with Gasteiger partial charge in [-0.3, -0.25) is 9.69 Å². The molecule has 20 heavy (non-hydrogen) atoms. The molecule has 0 spiro atoms. The van der Waals surface area contributed by atoms with Crippen molar-refractivity contribution >= 4 is 17.7 Å². The zero-order chi connectivity index (χ0) is 14.4. The Balaban J connectivity index is 1.83. The third kappa shape index (κ3) is 3.73. The van der Waals surface area contributed by atoms with Crippen LogP contribution in [0.1, 0.15) is 31.2 Å². The van der Waals surface area contributed by atoms with Crippen molar-refractivity contribution < 1.29 is 14.7 Å². The van der Waals surface area contributed by atoms with Crippen molar-refractivity contribution in [1.29, 1.82) is 0 Å². The molecule has 0 atom stereocenters. The Labute approximate surface area is 118 Å². The fourth-order valence-electron chi connectivity index (χ4n) is 2.44. The van der Waals surface area contributed by atoms with Crippen LogP contribution in [0.2, 0.25) is 0 Å². The third-order valence-corrected chi connectivity index (χ3v) is 3.45. The molecule has 0 unspecified atom stereocenters. The monoisotopic (exact) mass is 276 g/mol. The number of carbonyl (C=O) groups is 2. The molecular formula is C15H20N2O3. The minimum absolute atomic E-state index is 0.0903. The van der Waals surface area contributed by atoms with Crippen LogP contribution in [0.5, 0.6) is 0 Å². The number of rotatable bonds is 5. The van der Waals surface area contributed by atoms with E-state index in [0.29, 0.717) is 19.4 Å². The minimum atomic E-state index is -0.790. The lowest BCUT2D eigenvalue weighted by Crippen LogP contribution is -2.43. The average molecular weight is 276 g/mol. The molecule has 5 nitrogen and oxygen atoms in total. The van der Waals surface area contributed by atoms with Crippen LogP contribution < -0.4 is 10.2 Å². The van der Waals surface area contributed by atoms with E-state index in [4.69, 9.17) is 5.11 Å². The number of aryl methyl sites for hydroxylation is 1. The fraction of sp³-hybridized carbons (Fsp3) is 0.467. The first-order valence-electron chi connectivity index (χ1n) is 7.03. The predicted molar refractivity (Wildman–Crippen MR) is 77.0 cm³/mol. The van der Waals surface area contributed by atoms with Crippen molar-refractivity contribution in [2.24, 2.45) is 0 Å². The number of carbonyl (C=O) groups excluding carboxylic acids is 1. The molecule has 0 saturated carbocycles. The van der Waals surface area contributed by atoms with Crippen LogP contribution in [-0.2, 0) is 11.2 Å². The molecule has 1 aliphatic heterocycles. The summed E-state index contributed by atoms with van der Waals surface area (Å²) in [5.74, 6) is -0.790. The van der Waals surface area contributed by atoms with Crippen molar-refractivity contribution in [3.8, 4) is 0 Å². The van der Waals surface area contributed by atoms with Crippen molar-refractivity contribution in [1.82, 2.24) is 5.32 Å². The number of benzene rings is 1. The molecule has 1 heterocycles. The Morgan fingerprint density at radius 2 is 2.05 bits per heavy atom. The summed E-state index contributed by atoms with van der Waals surface area (Å²) in [6, 6.07) is 7.87. The molecule has 0 aliphatic carbocycles. The number of fused-ring (bicyclic) bond motifs is 1. The highest BCUT2D eigenvalue weighted by molar-refractivity contribution is 5.93. The highest BCUT2D eigenvalue weighted by atomic mass is 16.4. The van der Waals surface area contributed by atoms with Gasteiger partial charge in [0.05, 0.1) is 0 Å². The summed E-state index contributed by atoms with van der Waals surface area (Å²) in [6.45, 7) is 1.25. The summed E-state index contributed by atoms with van der Waals surface area (Å²) >= 11 is 0. The number of carboxylic acids is 1. The molecule has 2 N–H and O–H groups in total. The quantitative estimate of drug-likeness (QED) is 0.811.